The Labute approximate surface area is 280 Å². The van der Waals surface area contributed by atoms with Gasteiger partial charge in [-0.3, -0.25) is 9.59 Å². The number of hydrogen-bond acceptors (Lipinski definition) is 7. The first-order valence-electron chi connectivity index (χ1n) is 16.8. The van der Waals surface area contributed by atoms with Gasteiger partial charge in [0.05, 0.1) is 42.0 Å². The van der Waals surface area contributed by atoms with Crippen LogP contribution in [0.3, 0.4) is 0 Å². The van der Waals surface area contributed by atoms with Crippen LogP contribution >= 0.6 is 15.9 Å². The van der Waals surface area contributed by atoms with Crippen molar-refractivity contribution in [3.63, 3.8) is 0 Å². The van der Waals surface area contributed by atoms with Crippen molar-refractivity contribution in [2.24, 2.45) is 5.41 Å². The highest BCUT2D eigenvalue weighted by molar-refractivity contribution is 9.10. The third kappa shape index (κ3) is 6.38. The van der Waals surface area contributed by atoms with Gasteiger partial charge in [0.1, 0.15) is 11.8 Å². The summed E-state index contributed by atoms with van der Waals surface area (Å²) in [6.07, 6.45) is 5.92. The minimum absolute atomic E-state index is 0.0706. The summed E-state index contributed by atoms with van der Waals surface area (Å²) in [6.45, 7) is 11.5. The van der Waals surface area contributed by atoms with Gasteiger partial charge in [0.15, 0.2) is 0 Å². The van der Waals surface area contributed by atoms with Gasteiger partial charge in [0, 0.05) is 61.1 Å². The molecular weight excluding hydrogens is 646 g/mol. The zero-order valence-electron chi connectivity index (χ0n) is 27.8. The van der Waals surface area contributed by atoms with E-state index < -0.39 is 5.41 Å². The van der Waals surface area contributed by atoms with Crippen LogP contribution in [0.15, 0.2) is 28.7 Å². The van der Waals surface area contributed by atoms with Crippen LogP contribution in [0, 0.1) is 5.41 Å². The van der Waals surface area contributed by atoms with Crippen LogP contribution in [-0.4, -0.2) is 73.2 Å². The minimum atomic E-state index is -0.392. The summed E-state index contributed by atoms with van der Waals surface area (Å²) >= 11 is 3.87. The number of pyridine rings is 1. The van der Waals surface area contributed by atoms with E-state index in [-0.39, 0.29) is 24.0 Å². The Kier molecular flexibility index (Phi) is 9.64. The number of morpholine rings is 1. The monoisotopic (exact) mass is 693 g/mol. The molecule has 10 nitrogen and oxygen atoms in total. The van der Waals surface area contributed by atoms with Crippen molar-refractivity contribution in [3.05, 3.63) is 51.3 Å². The number of carbonyl (C=O) groups is 2. The van der Waals surface area contributed by atoms with Crippen LogP contribution in [0.2, 0.25) is 0 Å². The van der Waals surface area contributed by atoms with E-state index in [4.69, 9.17) is 9.72 Å². The van der Waals surface area contributed by atoms with E-state index in [9.17, 15) is 9.59 Å². The number of halogens is 1. The number of amides is 2. The van der Waals surface area contributed by atoms with Crippen molar-refractivity contribution in [3.8, 4) is 0 Å². The highest BCUT2D eigenvalue weighted by Gasteiger charge is 2.36. The Morgan fingerprint density at radius 3 is 2.48 bits per heavy atom. The summed E-state index contributed by atoms with van der Waals surface area (Å²) in [6, 6.07) is 8.25. The highest BCUT2D eigenvalue weighted by Crippen LogP contribution is 2.48. The third-order valence-electron chi connectivity index (χ3n) is 9.91. The second-order valence-electron chi connectivity index (χ2n) is 13.7. The molecule has 3 aromatic rings. The number of carbonyl (C=O) groups excluding carboxylic acids is 2. The molecule has 1 saturated heterocycles. The molecule has 4 aliphatic heterocycles. The van der Waals surface area contributed by atoms with Crippen molar-refractivity contribution in [1.82, 2.24) is 25.1 Å². The van der Waals surface area contributed by atoms with Crippen LogP contribution in [-0.2, 0) is 22.5 Å². The quantitative estimate of drug-likeness (QED) is 0.298. The molecule has 2 bridgehead atoms. The first kappa shape index (κ1) is 32.8. The van der Waals surface area contributed by atoms with E-state index in [1.54, 1.807) is 4.90 Å². The molecule has 2 unspecified atom stereocenters. The van der Waals surface area contributed by atoms with Crippen molar-refractivity contribution in [1.29, 1.82) is 0 Å². The number of likely N-dealkylation sites (N-methyl/N-ethyl adjacent to an activating group) is 1. The predicted molar refractivity (Wildman–Crippen MR) is 186 cm³/mol. The molecule has 46 heavy (non-hydrogen) atoms. The number of fused-ring (bicyclic) bond motifs is 3. The molecule has 1 aromatic carbocycles. The van der Waals surface area contributed by atoms with Crippen molar-refractivity contribution < 1.29 is 14.3 Å². The maximum atomic E-state index is 13.1. The fraction of sp³-hybridized carbons (Fsp3) is 0.571. The number of rotatable bonds is 1. The standard InChI is InChI=1S/C31H39BrN6O2.C4H9NO/c1-18-22-11-10-19-16-24(38(27(19)34-22)14-9-7-6-8-13-31(2,3)30(40)33-18)28-35-23-17-21-20(12-15-36(4)29(21)39)25(32)26(23)37(28)5;1-3-6-4-2-5-1/h10-11,16-18,28,35H,6-9,12-15H2,1-5H3,(H,33,40);5H,1-4H2. The van der Waals surface area contributed by atoms with Crippen LogP contribution < -0.4 is 20.9 Å². The zero-order chi connectivity index (χ0) is 32.6. The fourth-order valence-corrected chi connectivity index (χ4v) is 7.86. The molecule has 248 valence electrons. The SMILES string of the molecule is C1COCCN1.CC1NC(=O)C(C)(C)CCCCCCn2c(C3Nc4cc5c(c(Br)c4N3C)CCN(C)C5=O)cc3ccc1nc32. The molecule has 11 heteroatoms. The van der Waals surface area contributed by atoms with Gasteiger partial charge in [-0.15, -0.1) is 0 Å². The number of ether oxygens (including phenoxy) is 1. The van der Waals surface area contributed by atoms with Gasteiger partial charge in [-0.25, -0.2) is 4.98 Å². The lowest BCUT2D eigenvalue weighted by molar-refractivity contribution is -0.130. The first-order chi connectivity index (χ1) is 22.1. The van der Waals surface area contributed by atoms with E-state index in [1.165, 1.54) is 0 Å². The summed E-state index contributed by atoms with van der Waals surface area (Å²) in [7, 11) is 3.98. The maximum absolute atomic E-state index is 13.1. The smallest absolute Gasteiger partial charge is 0.254 e. The maximum Gasteiger partial charge on any atom is 0.254 e. The van der Waals surface area contributed by atoms with E-state index in [0.717, 1.165) is 127 Å². The Morgan fingerprint density at radius 2 is 1.76 bits per heavy atom. The fourth-order valence-electron chi connectivity index (χ4n) is 6.95. The van der Waals surface area contributed by atoms with E-state index >= 15 is 0 Å². The molecule has 6 heterocycles. The predicted octanol–water partition coefficient (Wildman–Crippen LogP) is 5.76. The molecule has 0 radical (unpaired) electrons. The second kappa shape index (κ2) is 13.5. The molecule has 1 fully saturated rings. The van der Waals surface area contributed by atoms with Crippen LogP contribution in [0.1, 0.15) is 92.4 Å². The Hall–Kier alpha value is -3.15. The molecule has 3 N–H and O–H groups in total. The lowest BCUT2D eigenvalue weighted by Crippen LogP contribution is -2.38. The van der Waals surface area contributed by atoms with Gasteiger partial charge in [-0.05, 0) is 71.9 Å². The average molecular weight is 695 g/mol. The number of anilines is 2. The summed E-state index contributed by atoms with van der Waals surface area (Å²) in [5.41, 5.74) is 6.49. The molecule has 4 aliphatic rings. The summed E-state index contributed by atoms with van der Waals surface area (Å²) < 4.78 is 8.37. The lowest BCUT2D eigenvalue weighted by atomic mass is 9.85. The van der Waals surface area contributed by atoms with Crippen LogP contribution in [0.5, 0.6) is 0 Å². The van der Waals surface area contributed by atoms with Gasteiger partial charge in [0.2, 0.25) is 5.91 Å². The first-order valence-corrected chi connectivity index (χ1v) is 17.6. The summed E-state index contributed by atoms with van der Waals surface area (Å²) in [5, 5.41) is 11.2. The molecule has 2 atom stereocenters. The van der Waals surface area contributed by atoms with Crippen molar-refractivity contribution >= 4 is 50.2 Å². The Balaban J connectivity index is 0.000000557. The molecule has 2 aromatic heterocycles. The molecule has 0 spiro atoms. The van der Waals surface area contributed by atoms with Gasteiger partial charge >= 0.3 is 0 Å². The Bertz CT molecular complexity index is 1600. The molecule has 2 amide bonds. The molecule has 0 saturated carbocycles. The number of aromatic nitrogens is 2. The van der Waals surface area contributed by atoms with E-state index in [1.807, 2.05) is 40.0 Å². The van der Waals surface area contributed by atoms with E-state index in [0.29, 0.717) is 0 Å². The number of nitrogens with zero attached hydrogens (tertiary/aromatic N) is 4. The molecule has 7 rings (SSSR count). The number of aryl methyl sites for hydroxylation is 1. The van der Waals surface area contributed by atoms with Crippen LogP contribution in [0.25, 0.3) is 11.0 Å². The van der Waals surface area contributed by atoms with Crippen molar-refractivity contribution in [2.45, 2.75) is 78.0 Å². The van der Waals surface area contributed by atoms with Gasteiger partial charge in [-0.1, -0.05) is 33.1 Å². The number of benzene rings is 1. The van der Waals surface area contributed by atoms with Crippen molar-refractivity contribution in [2.75, 3.05) is 57.2 Å². The van der Waals surface area contributed by atoms with E-state index in [2.05, 4.69) is 60.5 Å². The van der Waals surface area contributed by atoms with Crippen LogP contribution in [0.4, 0.5) is 11.4 Å². The average Bonchev–Trinajstić information content (AvgIpc) is 3.58. The topological polar surface area (TPSA) is 104 Å². The summed E-state index contributed by atoms with van der Waals surface area (Å²) in [5.74, 6) is 0.156. The Morgan fingerprint density at radius 1 is 1.00 bits per heavy atom. The largest absolute Gasteiger partial charge is 0.379 e. The van der Waals surface area contributed by atoms with Gasteiger partial charge in [0.25, 0.3) is 5.91 Å². The normalized spacial score (nSPS) is 23.2. The number of hydrogen-bond donors (Lipinski definition) is 3. The van der Waals surface area contributed by atoms with Gasteiger partial charge in [-0.2, -0.15) is 0 Å². The lowest BCUT2D eigenvalue weighted by Gasteiger charge is -2.28. The van der Waals surface area contributed by atoms with Gasteiger partial charge < -0.3 is 35.1 Å². The minimum Gasteiger partial charge on any atom is -0.379 e. The number of nitrogens with one attached hydrogen (secondary N) is 3. The third-order valence-corrected chi connectivity index (χ3v) is 10.8. The second-order valence-corrected chi connectivity index (χ2v) is 14.5. The summed E-state index contributed by atoms with van der Waals surface area (Å²) in [4.78, 5) is 35.2. The molecule has 0 aliphatic carbocycles. The highest BCUT2D eigenvalue weighted by atomic mass is 79.9. The zero-order valence-corrected chi connectivity index (χ0v) is 29.4. The molecular formula is C35H48BrN7O3.